The second-order valence-electron chi connectivity index (χ2n) is 6.43. The van der Waals surface area contributed by atoms with E-state index in [4.69, 9.17) is 4.74 Å². The highest BCUT2D eigenvalue weighted by atomic mass is 19.1. The number of pyridine rings is 1. The summed E-state index contributed by atoms with van der Waals surface area (Å²) < 4.78 is 21.8. The summed E-state index contributed by atoms with van der Waals surface area (Å²) in [5.74, 6) is -0.771. The molecule has 8 heteroatoms. The molecule has 7 nitrogen and oxygen atoms in total. The minimum atomic E-state index is -0.574. The molecule has 0 saturated carbocycles. The zero-order valence-electron chi connectivity index (χ0n) is 15.7. The molecule has 0 fully saturated rings. The number of aromatic amines is 1. The molecule has 4 aromatic rings. The van der Waals surface area contributed by atoms with E-state index in [0.717, 1.165) is 0 Å². The van der Waals surface area contributed by atoms with Crippen LogP contribution in [0.2, 0.25) is 0 Å². The number of aromatic nitrogens is 3. The van der Waals surface area contributed by atoms with Gasteiger partial charge in [0, 0.05) is 36.5 Å². The predicted molar refractivity (Wildman–Crippen MR) is 106 cm³/mol. The highest BCUT2D eigenvalue weighted by Crippen LogP contribution is 2.28. The Bertz CT molecular complexity index is 1230. The number of halogens is 1. The van der Waals surface area contributed by atoms with Crippen molar-refractivity contribution in [3.63, 3.8) is 0 Å². The number of Topliss-reactive ketones (excluding diaryl/α,β-unsaturated/α-hetero) is 1. The van der Waals surface area contributed by atoms with E-state index in [-0.39, 0.29) is 17.0 Å². The van der Waals surface area contributed by atoms with Gasteiger partial charge >= 0.3 is 0 Å². The van der Waals surface area contributed by atoms with E-state index in [2.05, 4.69) is 15.5 Å². The SMILES string of the molecule is COc1ccn2c(C(C)=O)cc(C(=O)Nc3cccc(-c4cn[nH]c4)c3F)c2c1. The molecule has 3 aromatic heterocycles. The van der Waals surface area contributed by atoms with Gasteiger partial charge in [-0.1, -0.05) is 12.1 Å². The molecule has 0 radical (unpaired) electrons. The summed E-state index contributed by atoms with van der Waals surface area (Å²) in [5, 5.41) is 9.06. The van der Waals surface area contributed by atoms with Gasteiger partial charge in [-0.05, 0) is 18.2 Å². The topological polar surface area (TPSA) is 88.5 Å². The number of methoxy groups -OCH3 is 1. The van der Waals surface area contributed by atoms with Crippen LogP contribution in [0, 0.1) is 5.82 Å². The zero-order valence-corrected chi connectivity index (χ0v) is 15.7. The Labute approximate surface area is 165 Å². The first-order chi connectivity index (χ1) is 14.0. The third-order valence-electron chi connectivity index (χ3n) is 4.64. The Morgan fingerprint density at radius 3 is 2.76 bits per heavy atom. The molecular weight excluding hydrogens is 375 g/mol. The average molecular weight is 392 g/mol. The molecule has 0 bridgehead atoms. The lowest BCUT2D eigenvalue weighted by Gasteiger charge is -2.09. The van der Waals surface area contributed by atoms with Crippen molar-refractivity contribution >= 4 is 22.9 Å². The lowest BCUT2D eigenvalue weighted by atomic mass is 10.1. The molecule has 1 aromatic carbocycles. The number of hydrogen-bond donors (Lipinski definition) is 2. The third kappa shape index (κ3) is 3.25. The van der Waals surface area contributed by atoms with Gasteiger partial charge < -0.3 is 14.5 Å². The molecule has 3 heterocycles. The van der Waals surface area contributed by atoms with Gasteiger partial charge in [-0.3, -0.25) is 14.7 Å². The Balaban J connectivity index is 1.75. The number of ketones is 1. The average Bonchev–Trinajstić information content (AvgIpc) is 3.37. The van der Waals surface area contributed by atoms with Crippen molar-refractivity contribution in [2.45, 2.75) is 6.92 Å². The molecular formula is C21H17FN4O3. The second kappa shape index (κ2) is 7.23. The summed E-state index contributed by atoms with van der Waals surface area (Å²) in [6.07, 6.45) is 4.72. The number of nitrogens with one attached hydrogen (secondary N) is 2. The summed E-state index contributed by atoms with van der Waals surface area (Å²) in [6.45, 7) is 1.42. The molecule has 0 aliphatic rings. The van der Waals surface area contributed by atoms with Crippen LogP contribution in [0.25, 0.3) is 16.6 Å². The van der Waals surface area contributed by atoms with Crippen LogP contribution in [0.15, 0.2) is 55.0 Å². The summed E-state index contributed by atoms with van der Waals surface area (Å²) in [7, 11) is 1.51. The zero-order chi connectivity index (χ0) is 20.5. The molecule has 0 unspecified atom stereocenters. The van der Waals surface area contributed by atoms with Crippen molar-refractivity contribution < 1.29 is 18.7 Å². The minimum absolute atomic E-state index is 0.0281. The second-order valence-corrected chi connectivity index (χ2v) is 6.43. The lowest BCUT2D eigenvalue weighted by molar-refractivity contribution is 0.101. The number of amides is 1. The van der Waals surface area contributed by atoms with Gasteiger partial charge in [-0.2, -0.15) is 5.10 Å². The molecule has 0 saturated heterocycles. The summed E-state index contributed by atoms with van der Waals surface area (Å²) in [5.41, 5.74) is 1.97. The number of fused-ring (bicyclic) bond motifs is 1. The number of carbonyl (C=O) groups is 2. The van der Waals surface area contributed by atoms with E-state index >= 15 is 0 Å². The Kier molecular flexibility index (Phi) is 4.59. The molecule has 0 spiro atoms. The highest BCUT2D eigenvalue weighted by Gasteiger charge is 2.20. The maximum atomic E-state index is 14.9. The molecule has 2 N–H and O–H groups in total. The fourth-order valence-electron chi connectivity index (χ4n) is 3.20. The van der Waals surface area contributed by atoms with E-state index in [0.29, 0.717) is 28.1 Å². The van der Waals surface area contributed by atoms with Crippen molar-refractivity contribution in [1.29, 1.82) is 0 Å². The van der Waals surface area contributed by atoms with Crippen LogP contribution in [0.5, 0.6) is 5.75 Å². The van der Waals surface area contributed by atoms with Crippen LogP contribution in [0.4, 0.5) is 10.1 Å². The molecule has 0 aliphatic heterocycles. The summed E-state index contributed by atoms with van der Waals surface area (Å²) in [6, 6.07) is 9.55. The van der Waals surface area contributed by atoms with E-state index in [1.807, 2.05) is 0 Å². The van der Waals surface area contributed by atoms with Crippen LogP contribution >= 0.6 is 0 Å². The first kappa shape index (κ1) is 18.4. The summed E-state index contributed by atoms with van der Waals surface area (Å²) >= 11 is 0. The molecule has 0 aliphatic carbocycles. The molecule has 1 amide bonds. The fourth-order valence-corrected chi connectivity index (χ4v) is 3.20. The smallest absolute Gasteiger partial charge is 0.257 e. The van der Waals surface area contributed by atoms with Gasteiger partial charge in [-0.25, -0.2) is 4.39 Å². The van der Waals surface area contributed by atoms with Gasteiger partial charge in [0.1, 0.15) is 5.75 Å². The van der Waals surface area contributed by atoms with Gasteiger partial charge in [0.15, 0.2) is 11.6 Å². The first-order valence-corrected chi connectivity index (χ1v) is 8.78. The van der Waals surface area contributed by atoms with Gasteiger partial charge in [0.05, 0.1) is 35.8 Å². The van der Waals surface area contributed by atoms with Gasteiger partial charge in [0.2, 0.25) is 0 Å². The number of rotatable bonds is 5. The van der Waals surface area contributed by atoms with Crippen molar-refractivity contribution in [3.8, 4) is 16.9 Å². The summed E-state index contributed by atoms with van der Waals surface area (Å²) in [4.78, 5) is 24.9. The lowest BCUT2D eigenvalue weighted by Crippen LogP contribution is -2.13. The maximum absolute atomic E-state index is 14.9. The minimum Gasteiger partial charge on any atom is -0.497 e. The third-order valence-corrected chi connectivity index (χ3v) is 4.64. The van der Waals surface area contributed by atoms with E-state index < -0.39 is 11.7 Å². The highest BCUT2D eigenvalue weighted by molar-refractivity contribution is 6.11. The molecule has 4 rings (SSSR count). The van der Waals surface area contributed by atoms with Crippen LogP contribution in [-0.2, 0) is 0 Å². The number of hydrogen-bond acceptors (Lipinski definition) is 4. The number of nitrogens with zero attached hydrogens (tertiary/aromatic N) is 2. The normalized spacial score (nSPS) is 10.9. The van der Waals surface area contributed by atoms with E-state index in [1.54, 1.807) is 41.1 Å². The van der Waals surface area contributed by atoms with Crippen molar-refractivity contribution in [2.24, 2.45) is 0 Å². The van der Waals surface area contributed by atoms with Crippen LogP contribution in [0.3, 0.4) is 0 Å². The number of ether oxygens (including phenoxy) is 1. The first-order valence-electron chi connectivity index (χ1n) is 8.78. The Hall–Kier alpha value is -3.94. The van der Waals surface area contributed by atoms with Crippen LogP contribution in [-0.4, -0.2) is 33.4 Å². The Morgan fingerprint density at radius 1 is 1.24 bits per heavy atom. The van der Waals surface area contributed by atoms with Crippen molar-refractivity contribution in [1.82, 2.24) is 14.6 Å². The number of H-pyrrole nitrogens is 1. The largest absolute Gasteiger partial charge is 0.497 e. The van der Waals surface area contributed by atoms with Crippen molar-refractivity contribution in [2.75, 3.05) is 12.4 Å². The van der Waals surface area contributed by atoms with E-state index in [9.17, 15) is 14.0 Å². The molecule has 29 heavy (non-hydrogen) atoms. The quantitative estimate of drug-likeness (QED) is 0.504. The van der Waals surface area contributed by atoms with Gasteiger partial charge in [-0.15, -0.1) is 0 Å². The van der Waals surface area contributed by atoms with Crippen molar-refractivity contribution in [3.05, 3.63) is 72.1 Å². The van der Waals surface area contributed by atoms with Crippen LogP contribution in [0.1, 0.15) is 27.8 Å². The van der Waals surface area contributed by atoms with Gasteiger partial charge in [0.25, 0.3) is 5.91 Å². The maximum Gasteiger partial charge on any atom is 0.257 e. The fraction of sp³-hybridized carbons (Fsp3) is 0.0952. The standard InChI is InChI=1S/C21H17FN4O3/c1-12(27)18-9-16(19-8-14(29-2)6-7-26(18)19)21(28)25-17-5-3-4-15(20(17)22)13-10-23-24-11-13/h3-11H,1-2H3,(H,23,24)(H,25,28). The van der Waals surface area contributed by atoms with Crippen LogP contribution < -0.4 is 10.1 Å². The Morgan fingerprint density at radius 2 is 2.07 bits per heavy atom. The number of carbonyl (C=O) groups excluding carboxylic acids is 2. The predicted octanol–water partition coefficient (Wildman–Crippen LogP) is 3.93. The molecule has 146 valence electrons. The number of benzene rings is 1. The number of anilines is 1. The monoisotopic (exact) mass is 392 g/mol. The van der Waals surface area contributed by atoms with E-state index in [1.165, 1.54) is 32.4 Å². The molecule has 0 atom stereocenters.